The molecule has 1 atom stereocenters. The van der Waals surface area contributed by atoms with E-state index >= 15 is 0 Å². The van der Waals surface area contributed by atoms with Gasteiger partial charge in [-0.15, -0.1) is 0 Å². The maximum Gasteiger partial charge on any atom is 0.328 e. The number of furan rings is 1. The van der Waals surface area contributed by atoms with Gasteiger partial charge in [0.25, 0.3) is 0 Å². The lowest BCUT2D eigenvalue weighted by atomic mass is 10.2. The van der Waals surface area contributed by atoms with Crippen LogP contribution in [0.4, 0.5) is 0 Å². The van der Waals surface area contributed by atoms with E-state index in [0.717, 1.165) is 6.26 Å². The molecule has 5 nitrogen and oxygen atoms in total. The van der Waals surface area contributed by atoms with Crippen LogP contribution in [-0.2, 0) is 4.79 Å². The molecule has 1 heterocycles. The number of hydrogen-bond acceptors (Lipinski definition) is 4. The SMILES string of the molecule is NC(C(=O)O)c1cc(O)co1. The zero-order valence-electron chi connectivity index (χ0n) is 5.52. The number of carbonyl (C=O) groups is 1. The highest BCUT2D eigenvalue weighted by Gasteiger charge is 2.17. The number of carboxylic acids is 1. The Morgan fingerprint density at radius 1 is 1.73 bits per heavy atom. The molecule has 1 rings (SSSR count). The van der Waals surface area contributed by atoms with Crippen LogP contribution >= 0.6 is 0 Å². The van der Waals surface area contributed by atoms with E-state index in [1.165, 1.54) is 6.07 Å². The molecule has 0 aromatic carbocycles. The molecule has 0 bridgehead atoms. The maximum atomic E-state index is 10.2. The van der Waals surface area contributed by atoms with Crippen LogP contribution in [-0.4, -0.2) is 16.2 Å². The van der Waals surface area contributed by atoms with Crippen LogP contribution < -0.4 is 5.73 Å². The summed E-state index contributed by atoms with van der Waals surface area (Å²) in [6, 6.07) is -0.0467. The van der Waals surface area contributed by atoms with Crippen molar-refractivity contribution in [2.45, 2.75) is 6.04 Å². The van der Waals surface area contributed by atoms with E-state index in [0.29, 0.717) is 0 Å². The summed E-state index contributed by atoms with van der Waals surface area (Å²) in [5.41, 5.74) is 5.15. The van der Waals surface area contributed by atoms with Gasteiger partial charge in [0.2, 0.25) is 0 Å². The Balaban J connectivity index is 2.84. The number of aliphatic carboxylic acids is 1. The Kier molecular flexibility index (Phi) is 1.82. The molecule has 0 saturated carbocycles. The average molecular weight is 157 g/mol. The third-order valence-electron chi connectivity index (χ3n) is 1.18. The molecule has 1 aromatic rings. The Labute approximate surface area is 62.0 Å². The van der Waals surface area contributed by atoms with Gasteiger partial charge in [0, 0.05) is 6.07 Å². The van der Waals surface area contributed by atoms with Gasteiger partial charge in [-0.3, -0.25) is 4.79 Å². The van der Waals surface area contributed by atoms with Crippen molar-refractivity contribution in [2.24, 2.45) is 5.73 Å². The topological polar surface area (TPSA) is 96.7 Å². The number of rotatable bonds is 2. The minimum atomic E-state index is -1.21. The third-order valence-corrected chi connectivity index (χ3v) is 1.18. The predicted octanol–water partition coefficient (Wildman–Crippen LogP) is 0.0696. The van der Waals surface area contributed by atoms with Crippen LogP contribution in [0, 0.1) is 0 Å². The van der Waals surface area contributed by atoms with Crippen LogP contribution in [0.2, 0.25) is 0 Å². The summed E-state index contributed by atoms with van der Waals surface area (Å²) in [5, 5.41) is 17.1. The summed E-state index contributed by atoms with van der Waals surface area (Å²) in [4.78, 5) is 10.2. The molecule has 1 unspecified atom stereocenters. The minimum Gasteiger partial charge on any atom is -0.505 e. The molecule has 0 spiro atoms. The molecule has 5 heteroatoms. The van der Waals surface area contributed by atoms with Crippen molar-refractivity contribution in [2.75, 3.05) is 0 Å². The Morgan fingerprint density at radius 3 is 2.73 bits per heavy atom. The second kappa shape index (κ2) is 2.63. The third kappa shape index (κ3) is 1.50. The first-order valence-corrected chi connectivity index (χ1v) is 2.87. The van der Waals surface area contributed by atoms with E-state index in [-0.39, 0.29) is 11.5 Å². The summed E-state index contributed by atoms with van der Waals surface area (Å²) in [6.45, 7) is 0. The van der Waals surface area contributed by atoms with Gasteiger partial charge in [0.05, 0.1) is 0 Å². The van der Waals surface area contributed by atoms with Gasteiger partial charge >= 0.3 is 5.97 Å². The van der Waals surface area contributed by atoms with Crippen LogP contribution in [0.5, 0.6) is 5.75 Å². The molecule has 60 valence electrons. The van der Waals surface area contributed by atoms with Gasteiger partial charge in [0.1, 0.15) is 12.0 Å². The second-order valence-electron chi connectivity index (χ2n) is 2.02. The molecule has 0 fully saturated rings. The van der Waals surface area contributed by atoms with Crippen molar-refractivity contribution in [3.63, 3.8) is 0 Å². The first kappa shape index (κ1) is 7.62. The number of hydrogen-bond donors (Lipinski definition) is 3. The van der Waals surface area contributed by atoms with Crippen molar-refractivity contribution in [1.29, 1.82) is 0 Å². The van der Waals surface area contributed by atoms with E-state index < -0.39 is 12.0 Å². The fraction of sp³-hybridized carbons (Fsp3) is 0.167. The summed E-state index contributed by atoms with van der Waals surface area (Å²) < 4.78 is 4.63. The van der Waals surface area contributed by atoms with E-state index in [2.05, 4.69) is 4.42 Å². The molecular weight excluding hydrogens is 150 g/mol. The molecule has 0 amide bonds. The lowest BCUT2D eigenvalue weighted by molar-refractivity contribution is -0.139. The number of aromatic hydroxyl groups is 1. The van der Waals surface area contributed by atoms with Gasteiger partial charge in [-0.1, -0.05) is 0 Å². The van der Waals surface area contributed by atoms with Crippen molar-refractivity contribution >= 4 is 5.97 Å². The molecular formula is C6H7NO4. The Morgan fingerprint density at radius 2 is 2.36 bits per heavy atom. The fourth-order valence-corrected chi connectivity index (χ4v) is 0.627. The maximum absolute atomic E-state index is 10.2. The average Bonchev–Trinajstić information content (AvgIpc) is 2.34. The van der Waals surface area contributed by atoms with E-state index in [1.54, 1.807) is 0 Å². The summed E-state index contributed by atoms with van der Waals surface area (Å²) in [7, 11) is 0. The standard InChI is InChI=1S/C6H7NO4/c7-5(6(9)10)4-1-3(8)2-11-4/h1-2,5,8H,7H2,(H,9,10). The monoisotopic (exact) mass is 157 g/mol. The highest BCUT2D eigenvalue weighted by Crippen LogP contribution is 2.18. The van der Waals surface area contributed by atoms with Gasteiger partial charge in [-0.25, -0.2) is 0 Å². The number of nitrogens with two attached hydrogens (primary N) is 1. The fourth-order valence-electron chi connectivity index (χ4n) is 0.627. The van der Waals surface area contributed by atoms with Gasteiger partial charge in [-0.05, 0) is 0 Å². The second-order valence-corrected chi connectivity index (χ2v) is 2.02. The van der Waals surface area contributed by atoms with Crippen LogP contribution in [0.25, 0.3) is 0 Å². The van der Waals surface area contributed by atoms with Crippen molar-refractivity contribution in [1.82, 2.24) is 0 Å². The first-order valence-electron chi connectivity index (χ1n) is 2.87. The predicted molar refractivity (Wildman–Crippen MR) is 34.9 cm³/mol. The highest BCUT2D eigenvalue weighted by atomic mass is 16.4. The van der Waals surface area contributed by atoms with Crippen LogP contribution in [0.1, 0.15) is 11.8 Å². The van der Waals surface area contributed by atoms with Gasteiger partial charge < -0.3 is 20.4 Å². The number of carboxylic acid groups (broad SMARTS) is 1. The van der Waals surface area contributed by atoms with Crippen LogP contribution in [0.3, 0.4) is 0 Å². The molecule has 1 aromatic heterocycles. The molecule has 0 saturated heterocycles. The quantitative estimate of drug-likeness (QED) is 0.564. The van der Waals surface area contributed by atoms with Crippen molar-refractivity contribution in [3.05, 3.63) is 18.1 Å². The van der Waals surface area contributed by atoms with Crippen molar-refractivity contribution in [3.8, 4) is 5.75 Å². The molecule has 11 heavy (non-hydrogen) atoms. The van der Waals surface area contributed by atoms with Crippen molar-refractivity contribution < 1.29 is 19.4 Å². The molecule has 0 aliphatic heterocycles. The van der Waals surface area contributed by atoms with Gasteiger partial charge in [0.15, 0.2) is 11.8 Å². The molecule has 0 aliphatic carbocycles. The summed E-state index contributed by atoms with van der Waals surface area (Å²) in [5.74, 6) is -1.29. The summed E-state index contributed by atoms with van der Waals surface area (Å²) in [6.07, 6.45) is 1.03. The highest BCUT2D eigenvalue weighted by molar-refractivity contribution is 5.74. The zero-order chi connectivity index (χ0) is 8.43. The normalized spacial score (nSPS) is 12.8. The lowest BCUT2D eigenvalue weighted by Gasteiger charge is -1.99. The molecule has 4 N–H and O–H groups in total. The smallest absolute Gasteiger partial charge is 0.328 e. The zero-order valence-corrected chi connectivity index (χ0v) is 5.52. The summed E-state index contributed by atoms with van der Waals surface area (Å²) >= 11 is 0. The Bertz CT molecular complexity index is 267. The lowest BCUT2D eigenvalue weighted by Crippen LogP contribution is -2.19. The van der Waals surface area contributed by atoms with E-state index in [9.17, 15) is 4.79 Å². The minimum absolute atomic E-state index is 0.0370. The Hall–Kier alpha value is -1.49. The van der Waals surface area contributed by atoms with E-state index in [1.807, 2.05) is 0 Å². The molecule has 0 aliphatic rings. The first-order chi connectivity index (χ1) is 5.11. The van der Waals surface area contributed by atoms with Gasteiger partial charge in [-0.2, -0.15) is 0 Å². The van der Waals surface area contributed by atoms with Crippen LogP contribution in [0.15, 0.2) is 16.7 Å². The molecule has 0 radical (unpaired) electrons. The van der Waals surface area contributed by atoms with E-state index in [4.69, 9.17) is 15.9 Å². The largest absolute Gasteiger partial charge is 0.505 e.